The molecule has 20 heavy (non-hydrogen) atoms. The average molecular weight is 383 g/mol. The molecule has 1 heterocycles. The maximum atomic E-state index is 6.13. The predicted octanol–water partition coefficient (Wildman–Crippen LogP) is 5.21. The molecular formula is C15H22BrCl2NO. The van der Waals surface area contributed by atoms with Crippen LogP contribution in [0, 0.1) is 0 Å². The molecule has 114 valence electrons. The Balaban J connectivity index is 0.00000200. The predicted molar refractivity (Wildman–Crippen MR) is 91.3 cm³/mol. The van der Waals surface area contributed by atoms with E-state index in [0.717, 1.165) is 23.1 Å². The van der Waals surface area contributed by atoms with Crippen LogP contribution < -0.4 is 10.1 Å². The van der Waals surface area contributed by atoms with E-state index in [1.54, 1.807) is 0 Å². The number of hydrogen-bond acceptors (Lipinski definition) is 2. The van der Waals surface area contributed by atoms with Crippen LogP contribution in [0.4, 0.5) is 0 Å². The Morgan fingerprint density at radius 2 is 1.75 bits per heavy atom. The van der Waals surface area contributed by atoms with Gasteiger partial charge in [-0.25, -0.2) is 0 Å². The van der Waals surface area contributed by atoms with Gasteiger partial charge in [0.1, 0.15) is 11.9 Å². The summed E-state index contributed by atoms with van der Waals surface area (Å²) in [5.74, 6) is 0.870. The van der Waals surface area contributed by atoms with Crippen molar-refractivity contribution in [3.63, 3.8) is 0 Å². The average Bonchev–Trinajstić information content (AvgIpc) is 2.18. The van der Waals surface area contributed by atoms with Gasteiger partial charge < -0.3 is 10.1 Å². The molecule has 2 nitrogen and oxygen atoms in total. The van der Waals surface area contributed by atoms with E-state index in [9.17, 15) is 0 Å². The second-order valence-corrected chi connectivity index (χ2v) is 7.88. The topological polar surface area (TPSA) is 21.3 Å². The number of rotatable bonds is 2. The van der Waals surface area contributed by atoms with Crippen molar-refractivity contribution in [1.29, 1.82) is 0 Å². The summed E-state index contributed by atoms with van der Waals surface area (Å²) in [6.45, 7) is 8.90. The van der Waals surface area contributed by atoms with Gasteiger partial charge in [0.2, 0.25) is 0 Å². The molecule has 1 fully saturated rings. The fourth-order valence-corrected chi connectivity index (χ4v) is 3.53. The van der Waals surface area contributed by atoms with E-state index in [0.29, 0.717) is 5.02 Å². The third kappa shape index (κ3) is 4.80. The summed E-state index contributed by atoms with van der Waals surface area (Å²) in [6.07, 6.45) is 2.22. The van der Waals surface area contributed by atoms with Gasteiger partial charge in [0, 0.05) is 28.4 Å². The van der Waals surface area contributed by atoms with Crippen LogP contribution in [0.1, 0.15) is 40.5 Å². The largest absolute Gasteiger partial charge is 0.490 e. The van der Waals surface area contributed by atoms with Crippen LogP contribution in [-0.2, 0) is 0 Å². The second kappa shape index (κ2) is 6.43. The van der Waals surface area contributed by atoms with Crippen LogP contribution in [0.25, 0.3) is 0 Å². The molecule has 0 unspecified atom stereocenters. The first-order valence-electron chi connectivity index (χ1n) is 6.58. The van der Waals surface area contributed by atoms with Gasteiger partial charge in [0.15, 0.2) is 0 Å². The number of nitrogens with one attached hydrogen (secondary N) is 1. The van der Waals surface area contributed by atoms with Crippen molar-refractivity contribution in [3.05, 3.63) is 27.7 Å². The Hall–Kier alpha value is 0.0400. The molecular weight excluding hydrogens is 361 g/mol. The first kappa shape index (κ1) is 18.1. The lowest BCUT2D eigenvalue weighted by molar-refractivity contribution is 0.0559. The van der Waals surface area contributed by atoms with Crippen LogP contribution in [0.5, 0.6) is 5.75 Å². The van der Waals surface area contributed by atoms with Crippen molar-refractivity contribution in [2.75, 3.05) is 0 Å². The molecule has 5 heteroatoms. The highest BCUT2D eigenvalue weighted by atomic mass is 79.9. The molecule has 0 atom stereocenters. The van der Waals surface area contributed by atoms with E-state index >= 15 is 0 Å². The van der Waals surface area contributed by atoms with Crippen molar-refractivity contribution in [1.82, 2.24) is 5.32 Å². The van der Waals surface area contributed by atoms with Gasteiger partial charge in [-0.2, -0.15) is 0 Å². The van der Waals surface area contributed by atoms with E-state index in [2.05, 4.69) is 48.9 Å². The third-order valence-electron chi connectivity index (χ3n) is 3.35. The summed E-state index contributed by atoms with van der Waals surface area (Å²) < 4.78 is 7.01. The minimum Gasteiger partial charge on any atom is -0.490 e. The van der Waals surface area contributed by atoms with Gasteiger partial charge >= 0.3 is 0 Å². The number of benzene rings is 1. The molecule has 1 saturated heterocycles. The Labute approximate surface area is 141 Å². The Bertz CT molecular complexity index is 461. The van der Waals surface area contributed by atoms with E-state index in [1.165, 1.54) is 0 Å². The smallest absolute Gasteiger partial charge is 0.120 e. The van der Waals surface area contributed by atoms with Crippen LogP contribution >= 0.6 is 39.9 Å². The summed E-state index contributed by atoms with van der Waals surface area (Å²) in [5.41, 5.74) is 0.187. The maximum Gasteiger partial charge on any atom is 0.120 e. The number of hydrogen-bond donors (Lipinski definition) is 1. The van der Waals surface area contributed by atoms with E-state index < -0.39 is 0 Å². The third-order valence-corrected chi connectivity index (χ3v) is 4.56. The molecule has 0 saturated carbocycles. The first-order chi connectivity index (χ1) is 8.67. The molecule has 1 N–H and O–H groups in total. The summed E-state index contributed by atoms with van der Waals surface area (Å²) in [5, 5.41) is 4.36. The number of halogens is 3. The minimum absolute atomic E-state index is 0. The summed E-state index contributed by atoms with van der Waals surface area (Å²) in [6, 6.07) is 5.72. The molecule has 0 radical (unpaired) electrons. The van der Waals surface area contributed by atoms with Gasteiger partial charge in [-0.15, -0.1) is 12.4 Å². The molecule has 1 aliphatic heterocycles. The highest BCUT2D eigenvalue weighted by Crippen LogP contribution is 2.33. The normalized spacial score (nSPS) is 21.1. The maximum absolute atomic E-state index is 6.13. The molecule has 2 rings (SSSR count). The zero-order chi connectivity index (χ0) is 14.3. The molecule has 1 aromatic rings. The highest BCUT2D eigenvalue weighted by Gasteiger charge is 2.38. The number of piperidine rings is 1. The Morgan fingerprint density at radius 3 is 2.25 bits per heavy atom. The van der Waals surface area contributed by atoms with Gasteiger partial charge in [-0.05, 0) is 61.8 Å². The van der Waals surface area contributed by atoms with Crippen molar-refractivity contribution >= 4 is 39.9 Å². The summed E-state index contributed by atoms with van der Waals surface area (Å²) in [4.78, 5) is 0. The zero-order valence-corrected chi connectivity index (χ0v) is 15.5. The van der Waals surface area contributed by atoms with Crippen molar-refractivity contribution in [2.24, 2.45) is 0 Å². The van der Waals surface area contributed by atoms with Crippen molar-refractivity contribution < 1.29 is 4.74 Å². The standard InChI is InChI=1S/C15H21BrClNO.ClH/c1-14(2)8-11(9-15(3,4)18-14)19-10-5-6-13(17)12(16)7-10;/h5-7,11,18H,8-9H2,1-4H3;1H. The van der Waals surface area contributed by atoms with Crippen LogP contribution in [-0.4, -0.2) is 17.2 Å². The molecule has 1 aromatic carbocycles. The van der Waals surface area contributed by atoms with Gasteiger partial charge in [-0.1, -0.05) is 11.6 Å². The minimum atomic E-state index is 0. The monoisotopic (exact) mass is 381 g/mol. The quantitative estimate of drug-likeness (QED) is 0.757. The Morgan fingerprint density at radius 1 is 1.20 bits per heavy atom. The van der Waals surface area contributed by atoms with Crippen LogP contribution in [0.3, 0.4) is 0 Å². The molecule has 0 amide bonds. The van der Waals surface area contributed by atoms with Gasteiger partial charge in [0.05, 0.1) is 5.02 Å². The lowest BCUT2D eigenvalue weighted by Gasteiger charge is -2.46. The summed E-state index contributed by atoms with van der Waals surface area (Å²) in [7, 11) is 0. The van der Waals surface area contributed by atoms with E-state index in [1.807, 2.05) is 18.2 Å². The second-order valence-electron chi connectivity index (χ2n) is 6.62. The lowest BCUT2D eigenvalue weighted by Crippen LogP contribution is -2.60. The van der Waals surface area contributed by atoms with Crippen molar-refractivity contribution in [3.8, 4) is 5.75 Å². The SMILES string of the molecule is CC1(C)CC(Oc2ccc(Cl)c(Br)c2)CC(C)(C)N1.Cl. The highest BCUT2D eigenvalue weighted by molar-refractivity contribution is 9.10. The van der Waals surface area contributed by atoms with Gasteiger partial charge in [-0.3, -0.25) is 0 Å². The fraction of sp³-hybridized carbons (Fsp3) is 0.600. The number of ether oxygens (including phenoxy) is 1. The fourth-order valence-electron chi connectivity index (χ4n) is 3.05. The molecule has 0 aromatic heterocycles. The summed E-state index contributed by atoms with van der Waals surface area (Å²) >= 11 is 9.43. The first-order valence-corrected chi connectivity index (χ1v) is 7.75. The van der Waals surface area contributed by atoms with Crippen LogP contribution in [0.2, 0.25) is 5.02 Å². The Kier molecular flexibility index (Phi) is 5.82. The molecule has 0 spiro atoms. The van der Waals surface area contributed by atoms with E-state index in [4.69, 9.17) is 16.3 Å². The molecule has 0 bridgehead atoms. The van der Waals surface area contributed by atoms with Crippen molar-refractivity contribution in [2.45, 2.75) is 57.7 Å². The van der Waals surface area contributed by atoms with E-state index in [-0.39, 0.29) is 29.6 Å². The van der Waals surface area contributed by atoms with Crippen LogP contribution in [0.15, 0.2) is 22.7 Å². The molecule has 1 aliphatic rings. The lowest BCUT2D eigenvalue weighted by atomic mass is 9.81. The zero-order valence-electron chi connectivity index (χ0n) is 12.3. The van der Waals surface area contributed by atoms with Gasteiger partial charge in [0.25, 0.3) is 0 Å². The molecule has 0 aliphatic carbocycles.